The number of piperidine rings is 1. The number of halogens is 1. The molecular weight excluding hydrogens is 541 g/mol. The maximum Gasteiger partial charge on any atom is 0.270 e. The summed E-state index contributed by atoms with van der Waals surface area (Å²) in [4.78, 5) is 31.3. The Bertz CT molecular complexity index is 1550. The van der Waals surface area contributed by atoms with E-state index in [9.17, 15) is 17.6 Å². The molecule has 0 saturated carbocycles. The van der Waals surface area contributed by atoms with Gasteiger partial charge in [-0.3, -0.25) is 4.79 Å². The number of ether oxygens (including phenoxy) is 1. The van der Waals surface area contributed by atoms with Crippen LogP contribution in [0.3, 0.4) is 0 Å². The fraction of sp³-hybridized carbons (Fsp3) is 0.423. The number of hydrogen-bond donors (Lipinski definition) is 1. The molecule has 4 heterocycles. The lowest BCUT2D eigenvalue weighted by molar-refractivity contribution is 0.0225. The van der Waals surface area contributed by atoms with Crippen LogP contribution < -0.4 is 10.1 Å². The van der Waals surface area contributed by atoms with Crippen LogP contribution in [0.2, 0.25) is 0 Å². The van der Waals surface area contributed by atoms with Gasteiger partial charge in [-0.1, -0.05) is 11.2 Å². The number of oxime groups is 1. The van der Waals surface area contributed by atoms with Gasteiger partial charge in [0, 0.05) is 45.2 Å². The smallest absolute Gasteiger partial charge is 0.270 e. The fourth-order valence-electron chi connectivity index (χ4n) is 4.86. The normalized spacial score (nSPS) is 18.3. The van der Waals surface area contributed by atoms with Crippen molar-refractivity contribution in [3.8, 4) is 5.75 Å². The summed E-state index contributed by atoms with van der Waals surface area (Å²) in [6, 6.07) is 5.94. The summed E-state index contributed by atoms with van der Waals surface area (Å²) in [7, 11) is -0.526. The van der Waals surface area contributed by atoms with Gasteiger partial charge in [0.2, 0.25) is 0 Å². The van der Waals surface area contributed by atoms with Gasteiger partial charge in [-0.25, -0.2) is 27.8 Å². The second-order valence-corrected chi connectivity index (χ2v) is 11.7. The Balaban J connectivity index is 1.18. The summed E-state index contributed by atoms with van der Waals surface area (Å²) in [6.45, 7) is 2.59. The van der Waals surface area contributed by atoms with Crippen molar-refractivity contribution in [3.05, 3.63) is 65.4 Å². The van der Waals surface area contributed by atoms with Gasteiger partial charge >= 0.3 is 0 Å². The van der Waals surface area contributed by atoms with Crippen molar-refractivity contribution < 1.29 is 27.2 Å². The number of rotatable bonds is 8. The number of methoxy groups -OCH3 is 1. The van der Waals surface area contributed by atoms with E-state index < -0.39 is 21.7 Å². The van der Waals surface area contributed by atoms with E-state index in [4.69, 9.17) is 9.57 Å². The van der Waals surface area contributed by atoms with Gasteiger partial charge in [0.1, 0.15) is 23.3 Å². The van der Waals surface area contributed by atoms with Crippen LogP contribution in [0.15, 0.2) is 47.0 Å². The molecule has 1 amide bonds. The van der Waals surface area contributed by atoms with Gasteiger partial charge in [0.15, 0.2) is 16.6 Å². The molecule has 1 unspecified atom stereocenters. The minimum Gasteiger partial charge on any atom is -0.494 e. The molecule has 2 aliphatic rings. The Morgan fingerprint density at radius 3 is 2.70 bits per heavy atom. The van der Waals surface area contributed by atoms with E-state index in [0.717, 1.165) is 0 Å². The van der Waals surface area contributed by atoms with E-state index >= 15 is 0 Å². The molecule has 1 N–H and O–H groups in total. The molecule has 2 aromatic heterocycles. The first kappa shape index (κ1) is 27.6. The standard InChI is InChI=1S/C26H30FN7O5S/c1-16-30-20(11-22(31-16)26(35)28-13-17-4-5-19(27)24(10-17)38-3)21-12-23(39-32-21)18-6-8-34(9-7-18)40(36,37)25-14-33(2)15-29-25/h4-5,10-11,14-15,18,23H,6-9,12-13H2,1-3H3,(H,28,35). The van der Waals surface area contributed by atoms with Crippen molar-refractivity contribution in [1.29, 1.82) is 0 Å². The van der Waals surface area contributed by atoms with Crippen molar-refractivity contribution in [2.24, 2.45) is 18.1 Å². The maximum absolute atomic E-state index is 13.7. The first-order chi connectivity index (χ1) is 19.1. The summed E-state index contributed by atoms with van der Waals surface area (Å²) < 4.78 is 47.5. The van der Waals surface area contributed by atoms with Crippen LogP contribution in [0.4, 0.5) is 4.39 Å². The molecule has 1 aromatic carbocycles. The predicted molar refractivity (Wildman–Crippen MR) is 142 cm³/mol. The number of hydrogen-bond acceptors (Lipinski definition) is 9. The molecule has 212 valence electrons. The van der Waals surface area contributed by atoms with Crippen molar-refractivity contribution in [3.63, 3.8) is 0 Å². The third-order valence-electron chi connectivity index (χ3n) is 7.04. The maximum atomic E-state index is 13.7. The highest BCUT2D eigenvalue weighted by molar-refractivity contribution is 7.89. The highest BCUT2D eigenvalue weighted by Crippen LogP contribution is 2.31. The molecule has 14 heteroatoms. The average molecular weight is 572 g/mol. The molecule has 5 rings (SSSR count). The molecule has 1 fully saturated rings. The number of aromatic nitrogens is 4. The molecule has 1 atom stereocenters. The molecule has 40 heavy (non-hydrogen) atoms. The second kappa shape index (κ2) is 11.3. The molecule has 2 aliphatic heterocycles. The molecule has 12 nitrogen and oxygen atoms in total. The number of aryl methyl sites for hydroxylation is 2. The lowest BCUT2D eigenvalue weighted by Crippen LogP contribution is -2.41. The fourth-order valence-corrected chi connectivity index (χ4v) is 6.30. The lowest BCUT2D eigenvalue weighted by atomic mass is 9.89. The largest absolute Gasteiger partial charge is 0.494 e. The van der Waals surface area contributed by atoms with Crippen LogP contribution in [0, 0.1) is 18.7 Å². The van der Waals surface area contributed by atoms with E-state index in [0.29, 0.717) is 55.1 Å². The quantitative estimate of drug-likeness (QED) is 0.434. The monoisotopic (exact) mass is 571 g/mol. The first-order valence-corrected chi connectivity index (χ1v) is 14.3. The summed E-state index contributed by atoms with van der Waals surface area (Å²) in [5.74, 6) is -0.263. The molecular formula is C26H30FN7O5S. The molecule has 0 aliphatic carbocycles. The highest BCUT2D eigenvalue weighted by atomic mass is 32.2. The molecule has 0 spiro atoms. The van der Waals surface area contributed by atoms with Crippen LogP contribution in [0.25, 0.3) is 0 Å². The lowest BCUT2D eigenvalue weighted by Gasteiger charge is -2.32. The first-order valence-electron chi connectivity index (χ1n) is 12.8. The Morgan fingerprint density at radius 2 is 2.00 bits per heavy atom. The molecule has 0 radical (unpaired) electrons. The Hall–Kier alpha value is -3.91. The van der Waals surface area contributed by atoms with Crippen LogP contribution >= 0.6 is 0 Å². The Morgan fingerprint density at radius 1 is 1.23 bits per heavy atom. The van der Waals surface area contributed by atoms with Crippen LogP contribution in [-0.4, -0.2) is 70.2 Å². The minimum atomic E-state index is -3.63. The van der Waals surface area contributed by atoms with Crippen LogP contribution in [-0.2, 0) is 28.5 Å². The van der Waals surface area contributed by atoms with E-state index in [-0.39, 0.29) is 35.0 Å². The SMILES string of the molecule is COc1cc(CNC(=O)c2cc(C3=NOC(C4CCN(S(=O)(=O)c5cn(C)cn5)CC4)C3)nc(C)n2)ccc1F. The van der Waals surface area contributed by atoms with Gasteiger partial charge in [-0.05, 0) is 43.5 Å². The zero-order chi connectivity index (χ0) is 28.4. The van der Waals surface area contributed by atoms with E-state index in [2.05, 4.69) is 25.4 Å². The third-order valence-corrected chi connectivity index (χ3v) is 8.82. The van der Waals surface area contributed by atoms with Crippen molar-refractivity contribution >= 4 is 21.6 Å². The zero-order valence-corrected chi connectivity index (χ0v) is 23.2. The zero-order valence-electron chi connectivity index (χ0n) is 22.4. The van der Waals surface area contributed by atoms with Crippen molar-refractivity contribution in [2.75, 3.05) is 20.2 Å². The van der Waals surface area contributed by atoms with Crippen molar-refractivity contribution in [2.45, 2.75) is 43.9 Å². The molecule has 0 bridgehead atoms. The number of imidazole rings is 1. The number of benzene rings is 1. The number of carbonyl (C=O) groups excluding carboxylic acids is 1. The summed E-state index contributed by atoms with van der Waals surface area (Å²) >= 11 is 0. The van der Waals surface area contributed by atoms with Gasteiger partial charge in [0.05, 0.1) is 19.1 Å². The number of amides is 1. The molecule has 1 saturated heterocycles. The summed E-state index contributed by atoms with van der Waals surface area (Å²) in [6.07, 6.45) is 4.51. The third kappa shape index (κ3) is 5.82. The van der Waals surface area contributed by atoms with Crippen LogP contribution in [0.5, 0.6) is 5.75 Å². The number of nitrogens with one attached hydrogen (secondary N) is 1. The summed E-state index contributed by atoms with van der Waals surface area (Å²) in [5, 5.41) is 7.08. The predicted octanol–water partition coefficient (Wildman–Crippen LogP) is 2.19. The number of nitrogens with zero attached hydrogens (tertiary/aromatic N) is 6. The van der Waals surface area contributed by atoms with Gasteiger partial charge in [0.25, 0.3) is 15.9 Å². The number of sulfonamides is 1. The topological polar surface area (TPSA) is 141 Å². The van der Waals surface area contributed by atoms with Gasteiger partial charge < -0.3 is 19.5 Å². The average Bonchev–Trinajstić information content (AvgIpc) is 3.62. The Labute approximate surface area is 231 Å². The Kier molecular flexibility index (Phi) is 7.81. The van der Waals surface area contributed by atoms with Crippen molar-refractivity contribution in [1.82, 2.24) is 29.1 Å². The highest BCUT2D eigenvalue weighted by Gasteiger charge is 2.37. The van der Waals surface area contributed by atoms with E-state index in [1.807, 2.05) is 0 Å². The second-order valence-electron chi connectivity index (χ2n) is 9.84. The van der Waals surface area contributed by atoms with Gasteiger partial charge in [-0.2, -0.15) is 4.31 Å². The molecule has 3 aromatic rings. The van der Waals surface area contributed by atoms with Gasteiger partial charge in [-0.15, -0.1) is 0 Å². The summed E-state index contributed by atoms with van der Waals surface area (Å²) in [5.41, 5.74) is 1.96. The minimum absolute atomic E-state index is 0.0487. The van der Waals surface area contributed by atoms with Crippen LogP contribution in [0.1, 0.15) is 46.8 Å². The van der Waals surface area contributed by atoms with E-state index in [1.165, 1.54) is 36.1 Å². The van der Waals surface area contributed by atoms with E-state index in [1.54, 1.807) is 30.7 Å². The number of carbonyl (C=O) groups is 1.